The van der Waals surface area contributed by atoms with Gasteiger partial charge in [0, 0.05) is 51.9 Å². The highest BCUT2D eigenvalue weighted by molar-refractivity contribution is 5.88. The summed E-state index contributed by atoms with van der Waals surface area (Å²) in [5, 5.41) is 21.9. The maximum atomic E-state index is 11.0. The van der Waals surface area contributed by atoms with Crippen LogP contribution in [0.5, 0.6) is 5.75 Å². The first kappa shape index (κ1) is 21.8. The Morgan fingerprint density at radius 3 is 2.33 bits per heavy atom. The normalized spacial score (nSPS) is 15.9. The summed E-state index contributed by atoms with van der Waals surface area (Å²) in [6, 6.07) is 17.0. The fourth-order valence-corrected chi connectivity index (χ4v) is 3.45. The average molecular weight is 409 g/mol. The summed E-state index contributed by atoms with van der Waals surface area (Å²) >= 11 is 0. The molecular weight excluding hydrogens is 380 g/mol. The number of rotatable bonds is 8. The molecule has 1 saturated heterocycles. The first-order valence-corrected chi connectivity index (χ1v) is 10.1. The standard InChI is InChI=1S/C23H28N4O3/c1-18(28)25-21-6-8-23(9-7-21)30-17-22(29)16-27-12-10-26(11-13-27)15-20-4-2-19(14-24)3-5-20/h2-9,22,29H,10-13,15-17H2,1H3,(H,25,28). The van der Waals surface area contributed by atoms with Crippen LogP contribution >= 0.6 is 0 Å². The number of piperazine rings is 1. The van der Waals surface area contributed by atoms with Gasteiger partial charge in [-0.3, -0.25) is 14.6 Å². The lowest BCUT2D eigenvalue weighted by Gasteiger charge is -2.35. The number of anilines is 1. The van der Waals surface area contributed by atoms with Crippen LogP contribution in [-0.2, 0) is 11.3 Å². The molecule has 1 aliphatic heterocycles. The number of aliphatic hydroxyl groups is 1. The van der Waals surface area contributed by atoms with Crippen molar-refractivity contribution in [2.24, 2.45) is 0 Å². The zero-order chi connectivity index (χ0) is 21.3. The van der Waals surface area contributed by atoms with Gasteiger partial charge in [-0.25, -0.2) is 0 Å². The third-order valence-electron chi connectivity index (χ3n) is 5.04. The second-order valence-electron chi connectivity index (χ2n) is 7.56. The van der Waals surface area contributed by atoms with Crippen LogP contribution < -0.4 is 10.1 Å². The first-order chi connectivity index (χ1) is 14.5. The van der Waals surface area contributed by atoms with Crippen LogP contribution in [-0.4, -0.2) is 66.2 Å². The van der Waals surface area contributed by atoms with Gasteiger partial charge in [0.2, 0.25) is 5.91 Å². The molecule has 0 saturated carbocycles. The van der Waals surface area contributed by atoms with Gasteiger partial charge in [0.05, 0.1) is 11.6 Å². The van der Waals surface area contributed by atoms with Crippen molar-refractivity contribution in [3.8, 4) is 11.8 Å². The van der Waals surface area contributed by atoms with Gasteiger partial charge >= 0.3 is 0 Å². The molecule has 2 N–H and O–H groups in total. The molecule has 1 amide bonds. The number of carbonyl (C=O) groups is 1. The Morgan fingerprint density at radius 2 is 1.73 bits per heavy atom. The molecule has 7 heteroatoms. The van der Waals surface area contributed by atoms with E-state index in [4.69, 9.17) is 10.00 Å². The molecule has 0 aromatic heterocycles. The monoisotopic (exact) mass is 408 g/mol. The molecule has 1 fully saturated rings. The molecule has 30 heavy (non-hydrogen) atoms. The molecule has 7 nitrogen and oxygen atoms in total. The molecule has 1 heterocycles. The van der Waals surface area contributed by atoms with E-state index in [0.717, 1.165) is 32.7 Å². The van der Waals surface area contributed by atoms with E-state index in [1.807, 2.05) is 24.3 Å². The molecule has 158 valence electrons. The SMILES string of the molecule is CC(=O)Nc1ccc(OCC(O)CN2CCN(Cc3ccc(C#N)cc3)CC2)cc1. The molecule has 0 radical (unpaired) electrons. The summed E-state index contributed by atoms with van der Waals surface area (Å²) < 4.78 is 5.67. The van der Waals surface area contributed by atoms with Crippen LogP contribution in [0.25, 0.3) is 0 Å². The number of benzene rings is 2. The van der Waals surface area contributed by atoms with Crippen LogP contribution in [0.2, 0.25) is 0 Å². The summed E-state index contributed by atoms with van der Waals surface area (Å²) in [4.78, 5) is 15.7. The number of carbonyl (C=O) groups excluding carboxylic acids is 1. The van der Waals surface area contributed by atoms with Crippen LogP contribution in [0.4, 0.5) is 5.69 Å². The van der Waals surface area contributed by atoms with E-state index in [9.17, 15) is 9.90 Å². The topological polar surface area (TPSA) is 88.8 Å². The predicted octanol–water partition coefficient (Wildman–Crippen LogP) is 2.07. The minimum Gasteiger partial charge on any atom is -0.491 e. The number of nitrogens with one attached hydrogen (secondary N) is 1. The Labute approximate surface area is 177 Å². The largest absolute Gasteiger partial charge is 0.491 e. The van der Waals surface area contributed by atoms with Crippen molar-refractivity contribution in [1.82, 2.24) is 9.80 Å². The highest BCUT2D eigenvalue weighted by atomic mass is 16.5. The van der Waals surface area contributed by atoms with E-state index in [0.29, 0.717) is 23.5 Å². The molecule has 0 aliphatic carbocycles. The van der Waals surface area contributed by atoms with Crippen LogP contribution in [0.1, 0.15) is 18.1 Å². The van der Waals surface area contributed by atoms with Crippen molar-refractivity contribution in [3.05, 3.63) is 59.7 Å². The van der Waals surface area contributed by atoms with E-state index >= 15 is 0 Å². The van der Waals surface area contributed by atoms with Crippen molar-refractivity contribution in [1.29, 1.82) is 5.26 Å². The number of aliphatic hydroxyl groups excluding tert-OH is 1. The molecule has 0 bridgehead atoms. The summed E-state index contributed by atoms with van der Waals surface area (Å²) in [6.45, 7) is 6.83. The number of nitriles is 1. The summed E-state index contributed by atoms with van der Waals surface area (Å²) in [5.41, 5.74) is 2.61. The molecule has 2 aromatic carbocycles. The van der Waals surface area contributed by atoms with Gasteiger partial charge in [-0.1, -0.05) is 12.1 Å². The second kappa shape index (κ2) is 10.7. The van der Waals surface area contributed by atoms with Crippen molar-refractivity contribution >= 4 is 11.6 Å². The second-order valence-corrected chi connectivity index (χ2v) is 7.56. The summed E-state index contributed by atoms with van der Waals surface area (Å²) in [6.07, 6.45) is -0.565. The maximum absolute atomic E-state index is 11.0. The number of hydrogen-bond acceptors (Lipinski definition) is 6. The quantitative estimate of drug-likeness (QED) is 0.695. The number of β-amino-alcohol motifs (C(OH)–C–C–N with tert-alkyl or cyclic N) is 1. The fraction of sp³-hybridized carbons (Fsp3) is 0.391. The van der Waals surface area contributed by atoms with Crippen molar-refractivity contribution in [2.45, 2.75) is 19.6 Å². The van der Waals surface area contributed by atoms with Crippen molar-refractivity contribution in [3.63, 3.8) is 0 Å². The molecule has 1 atom stereocenters. The number of amides is 1. The van der Waals surface area contributed by atoms with E-state index in [1.54, 1.807) is 24.3 Å². The zero-order valence-electron chi connectivity index (χ0n) is 17.3. The molecule has 1 unspecified atom stereocenters. The maximum Gasteiger partial charge on any atom is 0.221 e. The molecular formula is C23H28N4O3. The van der Waals surface area contributed by atoms with Gasteiger partial charge < -0.3 is 15.2 Å². The average Bonchev–Trinajstić information content (AvgIpc) is 2.75. The molecule has 0 spiro atoms. The van der Waals surface area contributed by atoms with Gasteiger partial charge in [0.25, 0.3) is 0 Å². The number of ether oxygens (including phenoxy) is 1. The van der Waals surface area contributed by atoms with Crippen molar-refractivity contribution in [2.75, 3.05) is 44.6 Å². The highest BCUT2D eigenvalue weighted by Crippen LogP contribution is 2.16. The van der Waals surface area contributed by atoms with E-state index in [-0.39, 0.29) is 12.5 Å². The van der Waals surface area contributed by atoms with Gasteiger partial charge in [-0.05, 0) is 42.0 Å². The number of nitrogens with zero attached hydrogens (tertiary/aromatic N) is 3. The van der Waals surface area contributed by atoms with Crippen LogP contribution in [0.3, 0.4) is 0 Å². The van der Waals surface area contributed by atoms with Crippen molar-refractivity contribution < 1.29 is 14.6 Å². The Kier molecular flexibility index (Phi) is 7.80. The minimum absolute atomic E-state index is 0.115. The van der Waals surface area contributed by atoms with Crippen LogP contribution in [0, 0.1) is 11.3 Å². The Balaban J connectivity index is 1.36. The lowest BCUT2D eigenvalue weighted by molar-refractivity contribution is -0.114. The zero-order valence-corrected chi connectivity index (χ0v) is 17.3. The van der Waals surface area contributed by atoms with E-state index < -0.39 is 6.10 Å². The Hall–Kier alpha value is -2.92. The minimum atomic E-state index is -0.565. The highest BCUT2D eigenvalue weighted by Gasteiger charge is 2.19. The smallest absolute Gasteiger partial charge is 0.221 e. The summed E-state index contributed by atoms with van der Waals surface area (Å²) in [5.74, 6) is 0.548. The molecule has 2 aromatic rings. The van der Waals surface area contributed by atoms with Gasteiger partial charge in [0.1, 0.15) is 18.5 Å². The number of hydrogen-bond donors (Lipinski definition) is 2. The third kappa shape index (κ3) is 6.85. The van der Waals surface area contributed by atoms with Gasteiger partial charge in [-0.15, -0.1) is 0 Å². The van der Waals surface area contributed by atoms with Gasteiger partial charge in [-0.2, -0.15) is 5.26 Å². The first-order valence-electron chi connectivity index (χ1n) is 10.1. The molecule has 3 rings (SSSR count). The lowest BCUT2D eigenvalue weighted by Crippen LogP contribution is -2.48. The lowest BCUT2D eigenvalue weighted by atomic mass is 10.1. The van der Waals surface area contributed by atoms with E-state index in [1.165, 1.54) is 12.5 Å². The Morgan fingerprint density at radius 1 is 1.10 bits per heavy atom. The third-order valence-corrected chi connectivity index (χ3v) is 5.04. The van der Waals surface area contributed by atoms with E-state index in [2.05, 4.69) is 21.2 Å². The van der Waals surface area contributed by atoms with Crippen LogP contribution in [0.15, 0.2) is 48.5 Å². The summed E-state index contributed by atoms with van der Waals surface area (Å²) in [7, 11) is 0. The fourth-order valence-electron chi connectivity index (χ4n) is 3.45. The molecule has 1 aliphatic rings. The Bertz CT molecular complexity index is 854. The van der Waals surface area contributed by atoms with Gasteiger partial charge in [0.15, 0.2) is 0 Å². The predicted molar refractivity (Wildman–Crippen MR) is 115 cm³/mol.